The third kappa shape index (κ3) is 6.26. The van der Waals surface area contributed by atoms with E-state index < -0.39 is 143 Å². The summed E-state index contributed by atoms with van der Waals surface area (Å²) in [6, 6.07) is 0. The van der Waals surface area contributed by atoms with Crippen molar-refractivity contribution in [2.75, 3.05) is 13.2 Å². The molecular formula is C42H66O17. The molecule has 0 radical (unpaired) electrons. The first-order chi connectivity index (χ1) is 27.4. The molecule has 7 rings (SSSR count). The summed E-state index contributed by atoms with van der Waals surface area (Å²) in [5.74, 6) is -3.41. The first-order valence-electron chi connectivity index (χ1n) is 21.2. The number of hydrogen-bond acceptors (Lipinski definition) is 17. The zero-order valence-electron chi connectivity index (χ0n) is 34.8. The predicted molar refractivity (Wildman–Crippen MR) is 202 cm³/mol. The lowest BCUT2D eigenvalue weighted by Crippen LogP contribution is -2.70. The highest BCUT2D eigenvalue weighted by Crippen LogP contribution is 2.76. The fourth-order valence-electron chi connectivity index (χ4n) is 13.7. The molecule has 17 nitrogen and oxygen atoms in total. The molecule has 22 atom stereocenters. The molecule has 0 aromatic heterocycles. The zero-order chi connectivity index (χ0) is 43.6. The number of carbonyl (C=O) groups excluding carboxylic acids is 2. The Bertz CT molecular complexity index is 1650. The van der Waals surface area contributed by atoms with E-state index in [9.17, 15) is 65.8 Å². The third-order valence-electron chi connectivity index (χ3n) is 17.7. The number of rotatable bonds is 6. The lowest BCUT2D eigenvalue weighted by Gasteiger charge is -2.72. The molecule has 2 aliphatic heterocycles. The van der Waals surface area contributed by atoms with E-state index >= 15 is 0 Å². The van der Waals surface area contributed by atoms with Crippen molar-refractivity contribution in [3.63, 3.8) is 0 Å². The molecule has 0 amide bonds. The number of hydrogen-bond donors (Lipinski definition) is 11. The summed E-state index contributed by atoms with van der Waals surface area (Å²) in [6.07, 6.45) is -14.3. The van der Waals surface area contributed by atoms with Crippen LogP contribution in [-0.2, 0) is 28.5 Å². The summed E-state index contributed by atoms with van der Waals surface area (Å²) in [7, 11) is 0. The van der Waals surface area contributed by atoms with Crippen molar-refractivity contribution in [1.82, 2.24) is 0 Å². The first-order valence-corrected chi connectivity index (χ1v) is 21.2. The normalized spacial score (nSPS) is 56.0. The van der Waals surface area contributed by atoms with Crippen LogP contribution in [0, 0.1) is 50.7 Å². The van der Waals surface area contributed by atoms with Gasteiger partial charge in [0.2, 0.25) is 12.6 Å². The van der Waals surface area contributed by atoms with E-state index in [2.05, 4.69) is 19.9 Å². The molecule has 2 saturated heterocycles. The third-order valence-corrected chi connectivity index (χ3v) is 17.7. The average molecular weight is 843 g/mol. The molecule has 0 unspecified atom stereocenters. The van der Waals surface area contributed by atoms with Crippen LogP contribution in [0.3, 0.4) is 0 Å². The number of carbonyl (C=O) groups is 2. The van der Waals surface area contributed by atoms with E-state index in [1.807, 2.05) is 13.8 Å². The molecule has 59 heavy (non-hydrogen) atoms. The second kappa shape index (κ2) is 15.2. The topological polar surface area (TPSA) is 294 Å². The summed E-state index contributed by atoms with van der Waals surface area (Å²) < 4.78 is 22.6. The van der Waals surface area contributed by atoms with Crippen LogP contribution in [0.4, 0.5) is 0 Å². The summed E-state index contributed by atoms with van der Waals surface area (Å²) in [5.41, 5.74) is -5.44. The number of esters is 2. The van der Waals surface area contributed by atoms with Gasteiger partial charge in [0.1, 0.15) is 48.8 Å². The van der Waals surface area contributed by atoms with Gasteiger partial charge in [0.05, 0.1) is 41.9 Å². The number of allylic oxidation sites excluding steroid dienone is 1. The Balaban J connectivity index is 1.23. The maximum absolute atomic E-state index is 14.6. The lowest BCUT2D eigenvalue weighted by molar-refractivity contribution is -0.303. The maximum atomic E-state index is 14.6. The van der Waals surface area contributed by atoms with Crippen LogP contribution in [0.25, 0.3) is 0 Å². The zero-order valence-corrected chi connectivity index (χ0v) is 34.8. The van der Waals surface area contributed by atoms with Crippen LogP contribution >= 0.6 is 0 Å². The molecule has 6 fully saturated rings. The van der Waals surface area contributed by atoms with Gasteiger partial charge in [-0.1, -0.05) is 39.3 Å². The lowest BCUT2D eigenvalue weighted by atomic mass is 9.33. The minimum atomic E-state index is -1.86. The van der Waals surface area contributed by atoms with E-state index in [-0.39, 0.29) is 24.7 Å². The van der Waals surface area contributed by atoms with Gasteiger partial charge < -0.3 is 75.1 Å². The average Bonchev–Trinajstić information content (AvgIpc) is 3.18. The minimum Gasteiger partial charge on any atom is -0.432 e. The van der Waals surface area contributed by atoms with E-state index in [1.165, 1.54) is 6.92 Å². The second-order valence-corrected chi connectivity index (χ2v) is 20.3. The molecule has 7 aliphatic rings. The van der Waals surface area contributed by atoms with E-state index in [0.717, 1.165) is 5.57 Å². The fourth-order valence-corrected chi connectivity index (χ4v) is 13.7. The van der Waals surface area contributed by atoms with Gasteiger partial charge in [-0.15, -0.1) is 0 Å². The summed E-state index contributed by atoms with van der Waals surface area (Å²) in [4.78, 5) is 29.0. The van der Waals surface area contributed by atoms with Crippen molar-refractivity contribution >= 4 is 11.9 Å². The standard InChI is InChI=1S/C42H66O17/c1-18-9-12-42(36(54)59-34-30(51)28(49)26(47)22(17-44)57-34)14-13-38(3)19(31(42)41(18,6)55)7-8-23-37(2)15-20(45)32(52)40(5,24(37)10-11-39(23,38)4)35(53)58-33-29(50)27(48)25(46)21(16-43)56-33/h7,18,20-34,43-52,55H,8-17H2,1-6H3/t18-,20-,21-,22-,23+,24+,25-,26-,27+,28+,29-,30-,31-,32+,33+,34+,37-,38-,39-,40-,41-,42+/m1/s1. The Labute approximate surface area is 343 Å². The van der Waals surface area contributed by atoms with Crippen LogP contribution in [0.2, 0.25) is 0 Å². The molecule has 336 valence electrons. The Hall–Kier alpha value is -1.84. The van der Waals surface area contributed by atoms with Crippen molar-refractivity contribution in [1.29, 1.82) is 0 Å². The molecule has 0 aromatic rings. The van der Waals surface area contributed by atoms with E-state index in [0.29, 0.717) is 38.5 Å². The highest BCUT2D eigenvalue weighted by molar-refractivity contribution is 5.80. The van der Waals surface area contributed by atoms with Gasteiger partial charge in [0.15, 0.2) is 0 Å². The predicted octanol–water partition coefficient (Wildman–Crippen LogP) is -1.24. The summed E-state index contributed by atoms with van der Waals surface area (Å²) >= 11 is 0. The second-order valence-electron chi connectivity index (χ2n) is 20.3. The van der Waals surface area contributed by atoms with Gasteiger partial charge >= 0.3 is 11.9 Å². The Morgan fingerprint density at radius 2 is 1.25 bits per heavy atom. The van der Waals surface area contributed by atoms with Crippen LogP contribution in [0.5, 0.6) is 0 Å². The van der Waals surface area contributed by atoms with Crippen LogP contribution in [0.15, 0.2) is 11.6 Å². The van der Waals surface area contributed by atoms with Crippen molar-refractivity contribution in [2.24, 2.45) is 50.7 Å². The van der Waals surface area contributed by atoms with E-state index in [4.69, 9.17) is 18.9 Å². The smallest absolute Gasteiger partial charge is 0.317 e. The van der Waals surface area contributed by atoms with Crippen molar-refractivity contribution < 1.29 is 84.7 Å². The van der Waals surface area contributed by atoms with Crippen LogP contribution in [0.1, 0.15) is 92.9 Å². The molecule has 5 aliphatic carbocycles. The largest absolute Gasteiger partial charge is 0.432 e. The molecule has 0 bridgehead atoms. The highest BCUT2D eigenvalue weighted by atomic mass is 16.7. The van der Waals surface area contributed by atoms with Gasteiger partial charge in [-0.25, -0.2) is 0 Å². The van der Waals surface area contributed by atoms with Crippen LogP contribution in [-0.4, -0.2) is 161 Å². The fraction of sp³-hybridized carbons (Fsp3) is 0.905. The highest BCUT2D eigenvalue weighted by Gasteiger charge is 2.74. The molecule has 0 aromatic carbocycles. The SMILES string of the molecule is C[C@@H]1CC[C@]2(C(=O)O[C@@H]3O[C@H](CO)[C@@H](O)[C@H](O)[C@H]3O)CC[C@]3(C)C(=CC[C@H]4[C@@]5(C)C[C@@H](O)[C@H](O)[C@](C)(C(=O)O[C@@H]6O[C@H](CO)[C@@H](O)[C@H](O)[C@H]6O)[C@H]5CC[C@]43C)[C@@H]2[C@]1(C)O. The molecule has 11 N–H and O–H groups in total. The number of fused-ring (bicyclic) bond motifs is 7. The molecule has 0 spiro atoms. The number of ether oxygens (including phenoxy) is 4. The maximum Gasteiger partial charge on any atom is 0.317 e. The Morgan fingerprint density at radius 1 is 0.712 bits per heavy atom. The Morgan fingerprint density at radius 3 is 1.80 bits per heavy atom. The summed E-state index contributed by atoms with van der Waals surface area (Å²) in [6.45, 7) is 10.1. The Kier molecular flexibility index (Phi) is 11.6. The first kappa shape index (κ1) is 45.2. The van der Waals surface area contributed by atoms with Gasteiger partial charge in [-0.3, -0.25) is 9.59 Å². The minimum absolute atomic E-state index is 0.148. The van der Waals surface area contributed by atoms with E-state index in [1.54, 1.807) is 6.92 Å². The quantitative estimate of drug-likeness (QED) is 0.110. The number of aliphatic hydroxyl groups is 11. The molecular weight excluding hydrogens is 776 g/mol. The van der Waals surface area contributed by atoms with Crippen LogP contribution < -0.4 is 0 Å². The van der Waals surface area contributed by atoms with Crippen molar-refractivity contribution in [3.8, 4) is 0 Å². The number of aliphatic hydroxyl groups excluding tert-OH is 10. The van der Waals surface area contributed by atoms with Crippen molar-refractivity contribution in [2.45, 2.75) is 172 Å². The van der Waals surface area contributed by atoms with Gasteiger partial charge in [0, 0.05) is 5.92 Å². The van der Waals surface area contributed by atoms with Gasteiger partial charge in [-0.2, -0.15) is 0 Å². The molecule has 4 saturated carbocycles. The summed E-state index contributed by atoms with van der Waals surface area (Å²) in [5, 5.41) is 118. The van der Waals surface area contributed by atoms with Crippen molar-refractivity contribution in [3.05, 3.63) is 11.6 Å². The molecule has 17 heteroatoms. The van der Waals surface area contributed by atoms with Gasteiger partial charge in [0.25, 0.3) is 0 Å². The molecule has 2 heterocycles. The monoisotopic (exact) mass is 842 g/mol. The van der Waals surface area contributed by atoms with Gasteiger partial charge in [-0.05, 0) is 99.2 Å².